The Hall–Kier alpha value is -0.560. The SMILES string of the molecule is CC#CCCC(NN)C(OC)C1CCCCC1. The number of rotatable bonds is 6. The summed E-state index contributed by atoms with van der Waals surface area (Å²) in [5.41, 5.74) is 2.92. The van der Waals surface area contributed by atoms with Crippen molar-refractivity contribution in [2.45, 2.75) is 64.0 Å². The van der Waals surface area contributed by atoms with Crippen LogP contribution in [0.5, 0.6) is 0 Å². The van der Waals surface area contributed by atoms with E-state index in [-0.39, 0.29) is 12.1 Å². The minimum atomic E-state index is 0.226. The molecule has 1 aliphatic carbocycles. The van der Waals surface area contributed by atoms with E-state index < -0.39 is 0 Å². The first-order valence-corrected chi connectivity index (χ1v) is 6.72. The van der Waals surface area contributed by atoms with Crippen molar-refractivity contribution in [3.63, 3.8) is 0 Å². The molecule has 0 aromatic rings. The number of nitrogens with two attached hydrogens (primary N) is 1. The molecule has 0 aromatic heterocycles. The Morgan fingerprint density at radius 1 is 1.35 bits per heavy atom. The molecule has 0 heterocycles. The van der Waals surface area contributed by atoms with Crippen molar-refractivity contribution in [3.8, 4) is 11.8 Å². The Bertz CT molecular complexity index is 251. The van der Waals surface area contributed by atoms with Gasteiger partial charge >= 0.3 is 0 Å². The first-order valence-electron chi connectivity index (χ1n) is 6.72. The summed E-state index contributed by atoms with van der Waals surface area (Å²) in [6.07, 6.45) is 8.66. The van der Waals surface area contributed by atoms with Crippen LogP contribution in [0, 0.1) is 17.8 Å². The predicted octanol–water partition coefficient (Wildman–Crippen LogP) is 2.22. The zero-order chi connectivity index (χ0) is 12.5. The fraction of sp³-hybridized carbons (Fsp3) is 0.857. The van der Waals surface area contributed by atoms with E-state index in [0.717, 1.165) is 12.8 Å². The topological polar surface area (TPSA) is 47.3 Å². The lowest BCUT2D eigenvalue weighted by molar-refractivity contribution is 0.00644. The molecule has 0 saturated heterocycles. The van der Waals surface area contributed by atoms with Crippen LogP contribution in [0.25, 0.3) is 0 Å². The van der Waals surface area contributed by atoms with E-state index in [1.165, 1.54) is 32.1 Å². The van der Waals surface area contributed by atoms with Gasteiger partial charge in [-0.1, -0.05) is 19.3 Å². The molecule has 1 fully saturated rings. The van der Waals surface area contributed by atoms with E-state index in [0.29, 0.717) is 5.92 Å². The van der Waals surface area contributed by atoms with Gasteiger partial charge in [0.15, 0.2) is 0 Å². The summed E-state index contributed by atoms with van der Waals surface area (Å²) in [6.45, 7) is 1.87. The highest BCUT2D eigenvalue weighted by molar-refractivity contribution is 4.96. The molecule has 3 heteroatoms. The highest BCUT2D eigenvalue weighted by Gasteiger charge is 2.29. The predicted molar refractivity (Wildman–Crippen MR) is 71.2 cm³/mol. The molecule has 2 unspecified atom stereocenters. The Kier molecular flexibility index (Phi) is 7.27. The molecule has 2 atom stereocenters. The highest BCUT2D eigenvalue weighted by Crippen LogP contribution is 2.30. The molecular formula is C14H26N2O. The summed E-state index contributed by atoms with van der Waals surface area (Å²) in [5.74, 6) is 12.3. The zero-order valence-corrected chi connectivity index (χ0v) is 11.2. The van der Waals surface area contributed by atoms with Crippen molar-refractivity contribution in [1.82, 2.24) is 5.43 Å². The van der Waals surface area contributed by atoms with Crippen LogP contribution in [0.3, 0.4) is 0 Å². The van der Waals surface area contributed by atoms with Gasteiger partial charge in [-0.15, -0.1) is 11.8 Å². The molecule has 17 heavy (non-hydrogen) atoms. The van der Waals surface area contributed by atoms with Gasteiger partial charge in [0.2, 0.25) is 0 Å². The van der Waals surface area contributed by atoms with E-state index in [4.69, 9.17) is 10.6 Å². The first kappa shape index (κ1) is 14.5. The van der Waals surface area contributed by atoms with Gasteiger partial charge in [-0.05, 0) is 32.1 Å². The molecular weight excluding hydrogens is 212 g/mol. The fourth-order valence-electron chi connectivity index (χ4n) is 2.84. The van der Waals surface area contributed by atoms with E-state index in [2.05, 4.69) is 17.3 Å². The molecule has 0 radical (unpaired) electrons. The molecule has 98 valence electrons. The third kappa shape index (κ3) is 4.67. The maximum absolute atomic E-state index is 5.68. The average Bonchev–Trinajstić information content (AvgIpc) is 2.39. The van der Waals surface area contributed by atoms with Gasteiger partial charge < -0.3 is 4.74 Å². The van der Waals surface area contributed by atoms with Crippen molar-refractivity contribution in [2.24, 2.45) is 11.8 Å². The number of hydrazine groups is 1. The van der Waals surface area contributed by atoms with Crippen molar-refractivity contribution in [1.29, 1.82) is 0 Å². The molecule has 3 nitrogen and oxygen atoms in total. The summed E-state index contributed by atoms with van der Waals surface area (Å²) in [4.78, 5) is 0. The standard InChI is InChI=1S/C14H26N2O/c1-3-4-6-11-13(16-15)14(17-2)12-9-7-5-8-10-12/h12-14,16H,5-11,15H2,1-2H3. The average molecular weight is 238 g/mol. The lowest BCUT2D eigenvalue weighted by atomic mass is 9.81. The molecule has 1 saturated carbocycles. The van der Waals surface area contributed by atoms with Gasteiger partial charge in [0.1, 0.15) is 0 Å². The molecule has 0 aromatic carbocycles. The van der Waals surface area contributed by atoms with Crippen LogP contribution in [0.2, 0.25) is 0 Å². The monoisotopic (exact) mass is 238 g/mol. The second-order valence-electron chi connectivity index (χ2n) is 4.84. The van der Waals surface area contributed by atoms with Crippen LogP contribution in [0.15, 0.2) is 0 Å². The van der Waals surface area contributed by atoms with Gasteiger partial charge in [0.05, 0.1) is 6.10 Å². The Morgan fingerprint density at radius 3 is 2.59 bits per heavy atom. The molecule has 0 aliphatic heterocycles. The minimum absolute atomic E-state index is 0.226. The van der Waals surface area contributed by atoms with Gasteiger partial charge in [-0.2, -0.15) is 0 Å². The lowest BCUT2D eigenvalue weighted by Gasteiger charge is -2.34. The summed E-state index contributed by atoms with van der Waals surface area (Å²) in [6, 6.07) is 0.226. The van der Waals surface area contributed by atoms with Gasteiger partial charge in [0.25, 0.3) is 0 Å². The molecule has 0 spiro atoms. The number of hydrogen-bond acceptors (Lipinski definition) is 3. The number of ether oxygens (including phenoxy) is 1. The molecule has 1 aliphatic rings. The van der Waals surface area contributed by atoms with Crippen LogP contribution in [-0.4, -0.2) is 19.3 Å². The number of methoxy groups -OCH3 is 1. The van der Waals surface area contributed by atoms with Crippen molar-refractivity contribution < 1.29 is 4.74 Å². The van der Waals surface area contributed by atoms with E-state index in [9.17, 15) is 0 Å². The molecule has 0 bridgehead atoms. The Morgan fingerprint density at radius 2 is 2.06 bits per heavy atom. The molecule has 0 amide bonds. The van der Waals surface area contributed by atoms with Crippen LogP contribution in [0.1, 0.15) is 51.9 Å². The van der Waals surface area contributed by atoms with E-state index in [1.54, 1.807) is 7.11 Å². The largest absolute Gasteiger partial charge is 0.379 e. The highest BCUT2D eigenvalue weighted by atomic mass is 16.5. The summed E-state index contributed by atoms with van der Waals surface area (Å²) in [5, 5.41) is 0. The first-order chi connectivity index (χ1) is 8.33. The second kappa shape index (κ2) is 8.52. The third-order valence-electron chi connectivity index (χ3n) is 3.75. The third-order valence-corrected chi connectivity index (χ3v) is 3.75. The lowest BCUT2D eigenvalue weighted by Crippen LogP contribution is -2.48. The van der Waals surface area contributed by atoms with E-state index >= 15 is 0 Å². The van der Waals surface area contributed by atoms with E-state index in [1.807, 2.05) is 6.92 Å². The maximum atomic E-state index is 5.68. The quantitative estimate of drug-likeness (QED) is 0.424. The van der Waals surface area contributed by atoms with Gasteiger partial charge in [-0.25, -0.2) is 0 Å². The zero-order valence-electron chi connectivity index (χ0n) is 11.2. The summed E-state index contributed by atoms with van der Waals surface area (Å²) < 4.78 is 5.68. The van der Waals surface area contributed by atoms with Crippen LogP contribution in [0.4, 0.5) is 0 Å². The van der Waals surface area contributed by atoms with Crippen molar-refractivity contribution in [3.05, 3.63) is 0 Å². The van der Waals surface area contributed by atoms with Gasteiger partial charge in [-0.3, -0.25) is 11.3 Å². The normalized spacial score (nSPS) is 20.4. The summed E-state index contributed by atoms with van der Waals surface area (Å²) in [7, 11) is 1.80. The Labute approximate surface area is 105 Å². The second-order valence-corrected chi connectivity index (χ2v) is 4.84. The van der Waals surface area contributed by atoms with Crippen LogP contribution < -0.4 is 11.3 Å². The molecule has 1 rings (SSSR count). The summed E-state index contributed by atoms with van der Waals surface area (Å²) >= 11 is 0. The maximum Gasteiger partial charge on any atom is 0.0766 e. The minimum Gasteiger partial charge on any atom is -0.379 e. The van der Waals surface area contributed by atoms with Crippen molar-refractivity contribution >= 4 is 0 Å². The van der Waals surface area contributed by atoms with Crippen LogP contribution >= 0.6 is 0 Å². The van der Waals surface area contributed by atoms with Crippen LogP contribution in [-0.2, 0) is 4.74 Å². The van der Waals surface area contributed by atoms with Crippen molar-refractivity contribution in [2.75, 3.05) is 7.11 Å². The number of nitrogens with one attached hydrogen (secondary N) is 1. The van der Waals surface area contributed by atoms with Gasteiger partial charge in [0, 0.05) is 19.6 Å². The Balaban J connectivity index is 2.50. The smallest absolute Gasteiger partial charge is 0.0766 e. The fourth-order valence-corrected chi connectivity index (χ4v) is 2.84. The molecule has 3 N–H and O–H groups in total. The number of hydrogen-bond donors (Lipinski definition) is 2.